The maximum atomic E-state index is 10.5. The molecular weight excluding hydrogens is 260 g/mol. The third-order valence-electron chi connectivity index (χ3n) is 4.81. The zero-order valence-electron chi connectivity index (χ0n) is 13.7. The second-order valence-corrected chi connectivity index (χ2v) is 6.50. The molecule has 0 aromatic heterocycles. The highest BCUT2D eigenvalue weighted by Crippen LogP contribution is 2.21. The van der Waals surface area contributed by atoms with Crippen LogP contribution >= 0.6 is 0 Å². The predicted octanol–water partition coefficient (Wildman–Crippen LogP) is 3.42. The van der Waals surface area contributed by atoms with Gasteiger partial charge in [-0.25, -0.2) is 0 Å². The molecule has 0 spiro atoms. The van der Waals surface area contributed by atoms with Crippen molar-refractivity contribution in [3.8, 4) is 0 Å². The Labute approximate surface area is 129 Å². The molecule has 3 nitrogen and oxygen atoms in total. The van der Waals surface area contributed by atoms with Gasteiger partial charge in [-0.3, -0.25) is 0 Å². The summed E-state index contributed by atoms with van der Waals surface area (Å²) in [5.74, 6) is 0. The fraction of sp³-hybridized carbons (Fsp3) is 0.667. The molecule has 1 aliphatic rings. The Hall–Kier alpha value is -1.06. The largest absolute Gasteiger partial charge is 0.389 e. The number of piperidine rings is 1. The summed E-state index contributed by atoms with van der Waals surface area (Å²) in [4.78, 5) is 2.42. The monoisotopic (exact) mass is 290 g/mol. The van der Waals surface area contributed by atoms with Gasteiger partial charge in [-0.2, -0.15) is 0 Å². The molecule has 0 radical (unpaired) electrons. The summed E-state index contributed by atoms with van der Waals surface area (Å²) >= 11 is 0. The van der Waals surface area contributed by atoms with Crippen molar-refractivity contribution in [2.24, 2.45) is 0 Å². The first kappa shape index (κ1) is 16.3. The van der Waals surface area contributed by atoms with Gasteiger partial charge < -0.3 is 15.3 Å². The van der Waals surface area contributed by atoms with E-state index in [0.717, 1.165) is 45.3 Å². The van der Waals surface area contributed by atoms with E-state index in [9.17, 15) is 5.11 Å². The van der Waals surface area contributed by atoms with Gasteiger partial charge in [-0.05, 0) is 50.3 Å². The Balaban J connectivity index is 1.81. The highest BCUT2D eigenvalue weighted by atomic mass is 16.3. The second-order valence-electron chi connectivity index (χ2n) is 6.50. The van der Waals surface area contributed by atoms with E-state index in [1.54, 1.807) is 0 Å². The van der Waals surface area contributed by atoms with Crippen LogP contribution in [-0.2, 0) is 0 Å². The van der Waals surface area contributed by atoms with Gasteiger partial charge in [0.05, 0.1) is 5.60 Å². The van der Waals surface area contributed by atoms with Gasteiger partial charge in [0, 0.05) is 31.4 Å². The molecule has 1 aromatic rings. The van der Waals surface area contributed by atoms with Gasteiger partial charge in [0.25, 0.3) is 0 Å². The highest BCUT2D eigenvalue weighted by Gasteiger charge is 2.28. The third kappa shape index (κ3) is 4.72. The molecule has 0 atom stereocenters. The van der Waals surface area contributed by atoms with Crippen LogP contribution in [0.3, 0.4) is 0 Å². The van der Waals surface area contributed by atoms with Crippen molar-refractivity contribution in [2.75, 3.05) is 25.0 Å². The number of hydrogen-bond donors (Lipinski definition) is 2. The van der Waals surface area contributed by atoms with Gasteiger partial charge in [-0.1, -0.05) is 26.0 Å². The number of anilines is 1. The highest BCUT2D eigenvalue weighted by molar-refractivity contribution is 5.46. The quantitative estimate of drug-likeness (QED) is 0.842. The first-order valence-corrected chi connectivity index (χ1v) is 8.32. The van der Waals surface area contributed by atoms with Crippen LogP contribution in [0, 0.1) is 6.92 Å². The number of β-amino-alcohol motifs (C(OH)–C–C–N with tert-alkyl or cyclic N) is 1. The normalized spacial score (nSPS) is 17.9. The first-order chi connectivity index (χ1) is 10.0. The molecule has 1 aliphatic heterocycles. The van der Waals surface area contributed by atoms with Crippen LogP contribution in [0.2, 0.25) is 0 Å². The van der Waals surface area contributed by atoms with Gasteiger partial charge in [0.15, 0.2) is 0 Å². The summed E-state index contributed by atoms with van der Waals surface area (Å²) < 4.78 is 0. The van der Waals surface area contributed by atoms with Crippen LogP contribution in [-0.4, -0.2) is 41.3 Å². The molecule has 1 saturated heterocycles. The van der Waals surface area contributed by atoms with Crippen LogP contribution in [0.4, 0.5) is 5.69 Å². The zero-order chi connectivity index (χ0) is 15.3. The fourth-order valence-corrected chi connectivity index (χ4v) is 3.10. The molecule has 0 aliphatic carbocycles. The van der Waals surface area contributed by atoms with Gasteiger partial charge >= 0.3 is 0 Å². The maximum absolute atomic E-state index is 10.5. The van der Waals surface area contributed by atoms with Crippen LogP contribution in [0.1, 0.15) is 45.1 Å². The van der Waals surface area contributed by atoms with E-state index in [-0.39, 0.29) is 0 Å². The number of rotatable bonds is 6. The van der Waals surface area contributed by atoms with Gasteiger partial charge in [0.1, 0.15) is 0 Å². The lowest BCUT2D eigenvalue weighted by molar-refractivity contribution is -0.00840. The van der Waals surface area contributed by atoms with E-state index in [1.165, 1.54) is 11.3 Å². The molecule has 2 rings (SSSR count). The number of aryl methyl sites for hydroxylation is 1. The van der Waals surface area contributed by atoms with Gasteiger partial charge in [-0.15, -0.1) is 0 Å². The minimum atomic E-state index is -0.503. The average Bonchev–Trinajstić information content (AvgIpc) is 2.49. The lowest BCUT2D eigenvalue weighted by atomic mass is 9.95. The minimum Gasteiger partial charge on any atom is -0.389 e. The summed E-state index contributed by atoms with van der Waals surface area (Å²) in [5, 5.41) is 14.1. The predicted molar refractivity (Wildman–Crippen MR) is 89.8 cm³/mol. The van der Waals surface area contributed by atoms with Crippen molar-refractivity contribution in [3.05, 3.63) is 29.8 Å². The fourth-order valence-electron chi connectivity index (χ4n) is 3.10. The van der Waals surface area contributed by atoms with E-state index in [4.69, 9.17) is 0 Å². The van der Waals surface area contributed by atoms with Crippen molar-refractivity contribution in [1.82, 2.24) is 4.90 Å². The van der Waals surface area contributed by atoms with E-state index in [2.05, 4.69) is 55.3 Å². The minimum absolute atomic E-state index is 0.503. The number of benzene rings is 1. The van der Waals surface area contributed by atoms with Crippen LogP contribution < -0.4 is 5.32 Å². The van der Waals surface area contributed by atoms with E-state index in [0.29, 0.717) is 6.04 Å². The molecule has 0 amide bonds. The second kappa shape index (κ2) is 7.28. The molecule has 2 N–H and O–H groups in total. The number of nitrogens with one attached hydrogen (secondary N) is 1. The van der Waals surface area contributed by atoms with E-state index in [1.807, 2.05) is 0 Å². The van der Waals surface area contributed by atoms with Gasteiger partial charge in [0.2, 0.25) is 0 Å². The lowest BCUT2D eigenvalue weighted by Gasteiger charge is -2.38. The Morgan fingerprint density at radius 1 is 1.24 bits per heavy atom. The van der Waals surface area contributed by atoms with Crippen molar-refractivity contribution in [3.63, 3.8) is 0 Å². The summed E-state index contributed by atoms with van der Waals surface area (Å²) in [5.41, 5.74) is 2.03. The number of aliphatic hydroxyl groups is 1. The summed E-state index contributed by atoms with van der Waals surface area (Å²) in [6, 6.07) is 9.14. The lowest BCUT2D eigenvalue weighted by Crippen LogP contribution is -2.47. The van der Waals surface area contributed by atoms with E-state index >= 15 is 0 Å². The molecule has 118 valence electrons. The zero-order valence-corrected chi connectivity index (χ0v) is 13.7. The van der Waals surface area contributed by atoms with Crippen molar-refractivity contribution in [1.29, 1.82) is 0 Å². The molecule has 1 fully saturated rings. The molecule has 21 heavy (non-hydrogen) atoms. The SMILES string of the molecule is CCC(O)(CC)CN1CCC(Nc2cccc(C)c2)CC1. The molecule has 1 aromatic carbocycles. The van der Waals surface area contributed by atoms with Crippen LogP contribution in [0.25, 0.3) is 0 Å². The van der Waals surface area contributed by atoms with Crippen LogP contribution in [0.15, 0.2) is 24.3 Å². The first-order valence-electron chi connectivity index (χ1n) is 8.32. The molecule has 1 heterocycles. The summed E-state index contributed by atoms with van der Waals surface area (Å²) in [6.45, 7) is 9.25. The smallest absolute Gasteiger partial charge is 0.0768 e. The van der Waals surface area contributed by atoms with Crippen molar-refractivity contribution in [2.45, 2.75) is 58.1 Å². The summed E-state index contributed by atoms with van der Waals surface area (Å²) in [7, 11) is 0. The Morgan fingerprint density at radius 3 is 2.48 bits per heavy atom. The molecular formula is C18H30N2O. The van der Waals surface area contributed by atoms with Crippen molar-refractivity contribution >= 4 is 5.69 Å². The Kier molecular flexibility index (Phi) is 5.65. The van der Waals surface area contributed by atoms with E-state index < -0.39 is 5.60 Å². The maximum Gasteiger partial charge on any atom is 0.0768 e. The molecule has 0 unspecified atom stereocenters. The van der Waals surface area contributed by atoms with Crippen LogP contribution in [0.5, 0.6) is 0 Å². The molecule has 0 saturated carbocycles. The number of likely N-dealkylation sites (tertiary alicyclic amines) is 1. The average molecular weight is 290 g/mol. The number of nitrogens with zero attached hydrogens (tertiary/aromatic N) is 1. The third-order valence-corrected chi connectivity index (χ3v) is 4.81. The summed E-state index contributed by atoms with van der Waals surface area (Å²) in [6.07, 6.45) is 3.98. The Bertz CT molecular complexity index is 435. The topological polar surface area (TPSA) is 35.5 Å². The Morgan fingerprint density at radius 2 is 1.90 bits per heavy atom. The molecule has 3 heteroatoms. The molecule has 0 bridgehead atoms. The van der Waals surface area contributed by atoms with Crippen molar-refractivity contribution < 1.29 is 5.11 Å². The standard InChI is InChI=1S/C18H30N2O/c1-4-18(21,5-2)14-20-11-9-16(10-12-20)19-17-8-6-7-15(3)13-17/h6-8,13,16,19,21H,4-5,9-12,14H2,1-3H3. The number of hydrogen-bond acceptors (Lipinski definition) is 3.